The van der Waals surface area contributed by atoms with Crippen LogP contribution in [0.1, 0.15) is 32.1 Å². The Bertz CT molecular complexity index is 310. The monoisotopic (exact) mass is 186 g/mol. The molecule has 0 aliphatic heterocycles. The van der Waals surface area contributed by atoms with Crippen molar-refractivity contribution >= 4 is 0 Å². The van der Waals surface area contributed by atoms with Crippen LogP contribution in [0.4, 0.5) is 0 Å². The highest BCUT2D eigenvalue weighted by atomic mass is 14.6. The normalized spacial score (nSPS) is 62.9. The molecule has 0 aromatic heterocycles. The van der Waals surface area contributed by atoms with E-state index in [4.69, 9.17) is 6.42 Å². The van der Waals surface area contributed by atoms with Crippen molar-refractivity contribution in [3.63, 3.8) is 0 Å². The molecule has 0 radical (unpaired) electrons. The summed E-state index contributed by atoms with van der Waals surface area (Å²) in [6.45, 7) is 0. The quantitative estimate of drug-likeness (QED) is 0.510. The number of terminal acetylenes is 1. The smallest absolute Gasteiger partial charge is 0.0262 e. The summed E-state index contributed by atoms with van der Waals surface area (Å²) in [5.74, 6) is 9.98. The summed E-state index contributed by atoms with van der Waals surface area (Å²) < 4.78 is 0. The lowest BCUT2D eigenvalue weighted by atomic mass is 9.73. The van der Waals surface area contributed by atoms with E-state index >= 15 is 0 Å². The second kappa shape index (κ2) is 2.38. The summed E-state index contributed by atoms with van der Waals surface area (Å²) >= 11 is 0. The van der Waals surface area contributed by atoms with Crippen LogP contribution in [0.3, 0.4) is 0 Å². The second-order valence-corrected chi connectivity index (χ2v) is 6.15. The molecule has 0 nitrogen and oxygen atoms in total. The first kappa shape index (κ1) is 7.80. The molecule has 6 saturated carbocycles. The third-order valence-electron chi connectivity index (χ3n) is 6.03. The molecule has 0 saturated heterocycles. The van der Waals surface area contributed by atoms with Crippen molar-refractivity contribution in [1.82, 2.24) is 0 Å². The fraction of sp³-hybridized carbons (Fsp3) is 0.857. The van der Waals surface area contributed by atoms with Gasteiger partial charge in [-0.25, -0.2) is 0 Å². The van der Waals surface area contributed by atoms with Gasteiger partial charge in [-0.3, -0.25) is 0 Å². The maximum atomic E-state index is 5.76. The van der Waals surface area contributed by atoms with Gasteiger partial charge in [-0.05, 0) is 67.6 Å². The van der Waals surface area contributed by atoms with E-state index in [0.717, 1.165) is 35.5 Å². The number of hydrogen-bond donors (Lipinski definition) is 0. The average Bonchev–Trinajstić information content (AvgIpc) is 2.57. The fourth-order valence-corrected chi connectivity index (χ4v) is 5.64. The third-order valence-corrected chi connectivity index (χ3v) is 6.03. The van der Waals surface area contributed by atoms with Crippen molar-refractivity contribution < 1.29 is 0 Å². The zero-order chi connectivity index (χ0) is 9.28. The second-order valence-electron chi connectivity index (χ2n) is 6.15. The highest BCUT2D eigenvalue weighted by molar-refractivity contribution is 5.16. The highest BCUT2D eigenvalue weighted by Gasteiger charge is 2.59. The molecule has 0 N–H and O–H groups in total. The van der Waals surface area contributed by atoms with Gasteiger partial charge in [0.1, 0.15) is 0 Å². The van der Waals surface area contributed by atoms with Crippen molar-refractivity contribution in [1.29, 1.82) is 0 Å². The molecule has 7 unspecified atom stereocenters. The Labute approximate surface area is 86.5 Å². The number of hydrogen-bond acceptors (Lipinski definition) is 0. The first-order valence-corrected chi connectivity index (χ1v) is 6.34. The summed E-state index contributed by atoms with van der Waals surface area (Å²) in [6, 6.07) is 0. The van der Waals surface area contributed by atoms with E-state index in [9.17, 15) is 0 Å². The summed E-state index contributed by atoms with van der Waals surface area (Å²) in [6.07, 6.45) is 13.4. The van der Waals surface area contributed by atoms with Crippen LogP contribution in [-0.4, -0.2) is 0 Å². The largest absolute Gasteiger partial charge is 0.120 e. The molecule has 74 valence electrons. The molecule has 6 aliphatic rings. The fourth-order valence-electron chi connectivity index (χ4n) is 5.64. The highest BCUT2D eigenvalue weighted by Crippen LogP contribution is 2.66. The predicted octanol–water partition coefficient (Wildman–Crippen LogP) is 2.94. The standard InChI is InChI=1S/C14H18/c1-2-10-12-5-8-3-4-11(12)14-7-9(8)6-13(10)14/h1,8-14H,3-7H2. The van der Waals surface area contributed by atoms with Gasteiger partial charge >= 0.3 is 0 Å². The van der Waals surface area contributed by atoms with Crippen molar-refractivity contribution in [2.75, 3.05) is 0 Å². The van der Waals surface area contributed by atoms with Crippen LogP contribution in [0.5, 0.6) is 0 Å². The Morgan fingerprint density at radius 2 is 1.50 bits per heavy atom. The van der Waals surface area contributed by atoms with Gasteiger partial charge in [0.2, 0.25) is 0 Å². The molecule has 0 spiro atoms. The van der Waals surface area contributed by atoms with Crippen molar-refractivity contribution in [3.05, 3.63) is 0 Å². The van der Waals surface area contributed by atoms with E-state index in [0.29, 0.717) is 5.92 Å². The molecule has 0 aromatic rings. The van der Waals surface area contributed by atoms with Crippen LogP contribution in [0.15, 0.2) is 0 Å². The van der Waals surface area contributed by atoms with E-state index in [2.05, 4.69) is 5.92 Å². The van der Waals surface area contributed by atoms with Gasteiger partial charge in [0.25, 0.3) is 0 Å². The Morgan fingerprint density at radius 3 is 2.36 bits per heavy atom. The van der Waals surface area contributed by atoms with Gasteiger partial charge in [0.15, 0.2) is 0 Å². The van der Waals surface area contributed by atoms with Crippen molar-refractivity contribution in [2.24, 2.45) is 41.4 Å². The minimum atomic E-state index is 0.681. The Balaban J connectivity index is 1.86. The summed E-state index contributed by atoms with van der Waals surface area (Å²) in [4.78, 5) is 0. The molecular formula is C14H18. The van der Waals surface area contributed by atoms with Gasteiger partial charge in [0, 0.05) is 5.92 Å². The molecule has 7 atom stereocenters. The topological polar surface area (TPSA) is 0 Å². The minimum Gasteiger partial charge on any atom is -0.120 e. The molecule has 14 heavy (non-hydrogen) atoms. The van der Waals surface area contributed by atoms with Crippen LogP contribution in [0.25, 0.3) is 0 Å². The van der Waals surface area contributed by atoms with E-state index < -0.39 is 0 Å². The van der Waals surface area contributed by atoms with Crippen LogP contribution in [0.2, 0.25) is 0 Å². The molecule has 6 rings (SSSR count). The van der Waals surface area contributed by atoms with Crippen LogP contribution >= 0.6 is 0 Å². The van der Waals surface area contributed by atoms with Gasteiger partial charge in [0.05, 0.1) is 0 Å². The minimum absolute atomic E-state index is 0.681. The SMILES string of the molecule is C#CC1C2CC3CCC2C2CC3CC12. The average molecular weight is 186 g/mol. The molecule has 0 amide bonds. The lowest BCUT2D eigenvalue weighted by molar-refractivity contribution is 0.179. The van der Waals surface area contributed by atoms with E-state index in [1.165, 1.54) is 25.7 Å². The molecule has 0 heterocycles. The van der Waals surface area contributed by atoms with E-state index in [1.807, 2.05) is 0 Å². The Morgan fingerprint density at radius 1 is 0.786 bits per heavy atom. The molecular weight excluding hydrogens is 168 g/mol. The lowest BCUT2D eigenvalue weighted by Crippen LogP contribution is -2.24. The molecule has 0 aromatic carbocycles. The van der Waals surface area contributed by atoms with Gasteiger partial charge in [-0.15, -0.1) is 12.3 Å². The summed E-state index contributed by atoms with van der Waals surface area (Å²) in [5.41, 5.74) is 0. The number of fused-ring (bicyclic) bond motifs is 1. The lowest BCUT2D eigenvalue weighted by Gasteiger charge is -2.32. The molecule has 0 heteroatoms. The van der Waals surface area contributed by atoms with E-state index in [1.54, 1.807) is 6.42 Å². The first-order chi connectivity index (χ1) is 6.88. The maximum Gasteiger partial charge on any atom is 0.0262 e. The number of rotatable bonds is 0. The zero-order valence-corrected chi connectivity index (χ0v) is 8.65. The van der Waals surface area contributed by atoms with Crippen LogP contribution in [0, 0.1) is 53.8 Å². The zero-order valence-electron chi connectivity index (χ0n) is 8.65. The molecule has 6 fully saturated rings. The van der Waals surface area contributed by atoms with Crippen molar-refractivity contribution in [3.8, 4) is 12.3 Å². The molecule has 6 bridgehead atoms. The van der Waals surface area contributed by atoms with E-state index in [-0.39, 0.29) is 0 Å². The molecule has 6 aliphatic carbocycles. The Kier molecular flexibility index (Phi) is 1.33. The van der Waals surface area contributed by atoms with Crippen molar-refractivity contribution in [2.45, 2.75) is 32.1 Å². The maximum absolute atomic E-state index is 5.76. The van der Waals surface area contributed by atoms with Gasteiger partial charge in [-0.2, -0.15) is 0 Å². The third kappa shape index (κ3) is 0.712. The Hall–Kier alpha value is -0.440. The predicted molar refractivity (Wildman–Crippen MR) is 56.3 cm³/mol. The van der Waals surface area contributed by atoms with Gasteiger partial charge in [-0.1, -0.05) is 0 Å². The summed E-state index contributed by atoms with van der Waals surface area (Å²) in [7, 11) is 0. The van der Waals surface area contributed by atoms with Crippen LogP contribution < -0.4 is 0 Å². The van der Waals surface area contributed by atoms with Gasteiger partial charge < -0.3 is 0 Å². The van der Waals surface area contributed by atoms with Crippen LogP contribution in [-0.2, 0) is 0 Å². The summed E-state index contributed by atoms with van der Waals surface area (Å²) in [5, 5.41) is 0. The first-order valence-electron chi connectivity index (χ1n) is 6.34.